The van der Waals surface area contributed by atoms with E-state index in [2.05, 4.69) is 4.98 Å². The molecule has 1 atom stereocenters. The largest absolute Gasteiger partial charge is 0.471 e. The second-order valence-corrected chi connectivity index (χ2v) is 6.00. The van der Waals surface area contributed by atoms with Crippen molar-refractivity contribution in [2.75, 3.05) is 6.54 Å². The molecule has 8 heteroatoms. The van der Waals surface area contributed by atoms with Gasteiger partial charge in [0, 0.05) is 11.9 Å². The van der Waals surface area contributed by atoms with Crippen molar-refractivity contribution in [3.8, 4) is 10.8 Å². The number of aryl methyl sites for hydroxylation is 1. The van der Waals surface area contributed by atoms with Gasteiger partial charge in [-0.25, -0.2) is 4.98 Å². The number of aromatic nitrogens is 1. The lowest BCUT2D eigenvalue weighted by atomic mass is 10.1. The van der Waals surface area contributed by atoms with Gasteiger partial charge in [-0.3, -0.25) is 4.79 Å². The van der Waals surface area contributed by atoms with Gasteiger partial charge < -0.3 is 9.32 Å². The van der Waals surface area contributed by atoms with E-state index in [4.69, 9.17) is 4.42 Å². The summed E-state index contributed by atoms with van der Waals surface area (Å²) in [5.41, 5.74) is 0.490. The number of alkyl halides is 3. The summed E-state index contributed by atoms with van der Waals surface area (Å²) in [6.45, 7) is 1.91. The van der Waals surface area contributed by atoms with Gasteiger partial charge in [0.1, 0.15) is 5.76 Å². The SMILES string of the molecule is Cc1ccc(-c2nc([C@@H]3CCCN3C(=O)C(F)(F)F)cs2)o1. The maximum absolute atomic E-state index is 12.6. The van der Waals surface area contributed by atoms with Gasteiger partial charge in [0.2, 0.25) is 0 Å². The molecule has 4 nitrogen and oxygen atoms in total. The minimum absolute atomic E-state index is 0.107. The van der Waals surface area contributed by atoms with Crippen molar-refractivity contribution in [1.29, 1.82) is 0 Å². The zero-order valence-electron chi connectivity index (χ0n) is 11.7. The normalized spacial score (nSPS) is 18.9. The smallest absolute Gasteiger partial charge is 0.459 e. The number of rotatable bonds is 2. The summed E-state index contributed by atoms with van der Waals surface area (Å²) < 4.78 is 43.4. The van der Waals surface area contributed by atoms with E-state index in [9.17, 15) is 18.0 Å². The first-order chi connectivity index (χ1) is 10.4. The molecule has 1 aliphatic heterocycles. The van der Waals surface area contributed by atoms with Crippen LogP contribution in [0.15, 0.2) is 21.9 Å². The fourth-order valence-corrected chi connectivity index (χ4v) is 3.41. The predicted molar refractivity (Wildman–Crippen MR) is 74.3 cm³/mol. The fourth-order valence-electron chi connectivity index (χ4n) is 2.58. The molecule has 3 heterocycles. The third-order valence-corrected chi connectivity index (χ3v) is 4.45. The van der Waals surface area contributed by atoms with Crippen LogP contribution >= 0.6 is 11.3 Å². The molecule has 2 aromatic heterocycles. The monoisotopic (exact) mass is 330 g/mol. The molecule has 0 saturated carbocycles. The highest BCUT2D eigenvalue weighted by atomic mass is 32.1. The zero-order chi connectivity index (χ0) is 15.9. The molecule has 0 unspecified atom stereocenters. The van der Waals surface area contributed by atoms with Crippen molar-refractivity contribution >= 4 is 17.2 Å². The molecule has 2 aromatic rings. The molecule has 3 rings (SSSR count). The minimum atomic E-state index is -4.85. The van der Waals surface area contributed by atoms with Crippen LogP contribution < -0.4 is 0 Å². The number of hydrogen-bond donors (Lipinski definition) is 0. The molecule has 118 valence electrons. The summed E-state index contributed by atoms with van der Waals surface area (Å²) in [4.78, 5) is 16.7. The van der Waals surface area contributed by atoms with Crippen LogP contribution in [0.25, 0.3) is 10.8 Å². The molecule has 1 amide bonds. The lowest BCUT2D eigenvalue weighted by Crippen LogP contribution is -2.40. The Morgan fingerprint density at radius 1 is 1.45 bits per heavy atom. The van der Waals surface area contributed by atoms with Gasteiger partial charge >= 0.3 is 12.1 Å². The second-order valence-electron chi connectivity index (χ2n) is 5.14. The number of furan rings is 1. The number of thiazole rings is 1. The Labute approximate surface area is 128 Å². The summed E-state index contributed by atoms with van der Waals surface area (Å²) in [5, 5.41) is 2.30. The Morgan fingerprint density at radius 3 is 2.86 bits per heavy atom. The van der Waals surface area contributed by atoms with Crippen molar-refractivity contribution in [3.63, 3.8) is 0 Å². The lowest BCUT2D eigenvalue weighted by Gasteiger charge is -2.24. The van der Waals surface area contributed by atoms with E-state index in [1.165, 1.54) is 11.3 Å². The number of carbonyl (C=O) groups excluding carboxylic acids is 1. The van der Waals surface area contributed by atoms with Crippen molar-refractivity contribution in [1.82, 2.24) is 9.88 Å². The number of nitrogens with zero attached hydrogens (tertiary/aromatic N) is 2. The van der Waals surface area contributed by atoms with E-state index in [1.54, 1.807) is 24.4 Å². The zero-order valence-corrected chi connectivity index (χ0v) is 12.5. The van der Waals surface area contributed by atoms with Crippen molar-refractivity contribution in [2.24, 2.45) is 0 Å². The minimum Gasteiger partial charge on any atom is -0.459 e. The molecule has 1 aliphatic rings. The molecule has 0 radical (unpaired) electrons. The number of amides is 1. The lowest BCUT2D eigenvalue weighted by molar-refractivity contribution is -0.186. The summed E-state index contributed by atoms with van der Waals surface area (Å²) >= 11 is 1.30. The molecule has 1 fully saturated rings. The van der Waals surface area contributed by atoms with Gasteiger partial charge in [-0.05, 0) is 31.9 Å². The molecular weight excluding hydrogens is 317 g/mol. The van der Waals surface area contributed by atoms with Gasteiger partial charge in [0.15, 0.2) is 10.8 Å². The fraction of sp³-hybridized carbons (Fsp3) is 0.429. The molecule has 0 spiro atoms. The summed E-state index contributed by atoms with van der Waals surface area (Å²) in [6, 6.07) is 2.95. The van der Waals surface area contributed by atoms with E-state index in [-0.39, 0.29) is 6.54 Å². The van der Waals surface area contributed by atoms with Crippen LogP contribution in [-0.4, -0.2) is 28.5 Å². The second kappa shape index (κ2) is 5.42. The highest BCUT2D eigenvalue weighted by molar-refractivity contribution is 7.13. The molecule has 0 N–H and O–H groups in total. The third-order valence-electron chi connectivity index (χ3n) is 3.57. The van der Waals surface area contributed by atoms with Crippen LogP contribution in [0.5, 0.6) is 0 Å². The van der Waals surface area contributed by atoms with Gasteiger partial charge in [0.25, 0.3) is 0 Å². The van der Waals surface area contributed by atoms with Crippen LogP contribution in [0.1, 0.15) is 30.3 Å². The molecule has 0 bridgehead atoms. The van der Waals surface area contributed by atoms with Gasteiger partial charge in [-0.2, -0.15) is 13.2 Å². The van der Waals surface area contributed by atoms with Crippen LogP contribution in [0, 0.1) is 6.92 Å². The Balaban J connectivity index is 1.85. The topological polar surface area (TPSA) is 46.3 Å². The number of likely N-dealkylation sites (tertiary alicyclic amines) is 1. The van der Waals surface area contributed by atoms with Gasteiger partial charge in [-0.15, -0.1) is 11.3 Å². The Hall–Kier alpha value is -1.83. The quantitative estimate of drug-likeness (QED) is 0.838. The van der Waals surface area contributed by atoms with Crippen LogP contribution in [0.2, 0.25) is 0 Å². The summed E-state index contributed by atoms with van der Waals surface area (Å²) in [7, 11) is 0. The third kappa shape index (κ3) is 2.75. The Bertz CT molecular complexity index is 692. The average Bonchev–Trinajstić information content (AvgIpc) is 3.15. The number of carbonyl (C=O) groups is 1. The summed E-state index contributed by atoms with van der Waals surface area (Å²) in [6.07, 6.45) is -3.82. The maximum atomic E-state index is 12.6. The van der Waals surface area contributed by atoms with Crippen LogP contribution in [0.3, 0.4) is 0 Å². The first kappa shape index (κ1) is 15.1. The summed E-state index contributed by atoms with van der Waals surface area (Å²) in [5.74, 6) is -0.472. The first-order valence-electron chi connectivity index (χ1n) is 6.76. The van der Waals surface area contributed by atoms with Crippen molar-refractivity contribution < 1.29 is 22.4 Å². The van der Waals surface area contributed by atoms with E-state index in [0.717, 1.165) is 10.7 Å². The van der Waals surface area contributed by atoms with Crippen molar-refractivity contribution in [2.45, 2.75) is 32.0 Å². The molecule has 0 aromatic carbocycles. The highest BCUT2D eigenvalue weighted by Crippen LogP contribution is 2.37. The van der Waals surface area contributed by atoms with Crippen molar-refractivity contribution in [3.05, 3.63) is 29.0 Å². The number of hydrogen-bond acceptors (Lipinski definition) is 4. The Morgan fingerprint density at radius 2 is 2.23 bits per heavy atom. The average molecular weight is 330 g/mol. The van der Waals surface area contributed by atoms with Gasteiger partial charge in [-0.1, -0.05) is 0 Å². The Kier molecular flexibility index (Phi) is 3.72. The standard InChI is InChI=1S/C14H13F3N2O2S/c1-8-4-5-11(21-8)12-18-9(7-22-12)10-3-2-6-19(10)13(20)14(15,16)17/h4-5,7,10H,2-3,6H2,1H3/t10-/m0/s1. The van der Waals surface area contributed by atoms with E-state index < -0.39 is 18.1 Å². The van der Waals surface area contributed by atoms with E-state index in [0.29, 0.717) is 29.3 Å². The highest BCUT2D eigenvalue weighted by Gasteiger charge is 2.46. The molecular formula is C14H13F3N2O2S. The van der Waals surface area contributed by atoms with Crippen LogP contribution in [0.4, 0.5) is 13.2 Å². The van der Waals surface area contributed by atoms with Gasteiger partial charge in [0.05, 0.1) is 11.7 Å². The van der Waals surface area contributed by atoms with E-state index in [1.807, 2.05) is 0 Å². The molecule has 0 aliphatic carbocycles. The molecule has 1 saturated heterocycles. The maximum Gasteiger partial charge on any atom is 0.471 e. The van der Waals surface area contributed by atoms with E-state index >= 15 is 0 Å². The molecule has 22 heavy (non-hydrogen) atoms. The first-order valence-corrected chi connectivity index (χ1v) is 7.64. The predicted octanol–water partition coefficient (Wildman–Crippen LogP) is 3.94. The number of halogens is 3. The van der Waals surface area contributed by atoms with Crippen LogP contribution in [-0.2, 0) is 4.79 Å².